The van der Waals surface area contributed by atoms with Crippen molar-refractivity contribution >= 4 is 17.5 Å². The van der Waals surface area contributed by atoms with Crippen molar-refractivity contribution in [3.63, 3.8) is 0 Å². The molecule has 0 fully saturated rings. The average Bonchev–Trinajstić information content (AvgIpc) is 2.42. The van der Waals surface area contributed by atoms with Crippen molar-refractivity contribution in [2.75, 3.05) is 13.2 Å². The van der Waals surface area contributed by atoms with Crippen LogP contribution in [0.3, 0.4) is 0 Å². The normalized spacial score (nSPS) is 12.5. The van der Waals surface area contributed by atoms with Crippen molar-refractivity contribution in [2.45, 2.75) is 39.5 Å². The zero-order valence-corrected chi connectivity index (χ0v) is 13.1. The van der Waals surface area contributed by atoms with Gasteiger partial charge in [-0.15, -0.1) is 0 Å². The second-order valence-electron chi connectivity index (χ2n) is 5.25. The molecular weight excluding hydrogens is 276 g/mol. The molecule has 0 aliphatic carbocycles. The molecule has 1 atom stereocenters. The molecule has 2 N–H and O–H groups in total. The number of hydrogen-bond acceptors (Lipinski definition) is 3. The molecule has 1 amide bonds. The second kappa shape index (κ2) is 8.22. The molecule has 1 heterocycles. The first-order valence-corrected chi connectivity index (χ1v) is 7.42. The van der Waals surface area contributed by atoms with Crippen molar-refractivity contribution in [2.24, 2.45) is 5.92 Å². The summed E-state index contributed by atoms with van der Waals surface area (Å²) in [4.78, 5) is 16.3. The number of amides is 1. The first kappa shape index (κ1) is 16.9. The first-order chi connectivity index (χ1) is 9.47. The molecule has 1 aromatic rings. The van der Waals surface area contributed by atoms with E-state index >= 15 is 0 Å². The molecule has 0 radical (unpaired) electrons. The first-order valence-electron chi connectivity index (χ1n) is 7.04. The van der Waals surface area contributed by atoms with Gasteiger partial charge in [0, 0.05) is 24.4 Å². The molecule has 5 heteroatoms. The zero-order valence-electron chi connectivity index (χ0n) is 12.3. The van der Waals surface area contributed by atoms with Gasteiger partial charge in [-0.2, -0.15) is 0 Å². The molecule has 0 bridgehead atoms. The van der Waals surface area contributed by atoms with E-state index in [-0.39, 0.29) is 18.4 Å². The van der Waals surface area contributed by atoms with Crippen LogP contribution in [-0.2, 0) is 0 Å². The van der Waals surface area contributed by atoms with E-state index in [4.69, 9.17) is 16.7 Å². The lowest BCUT2D eigenvalue weighted by Crippen LogP contribution is -2.29. The summed E-state index contributed by atoms with van der Waals surface area (Å²) in [6.07, 6.45) is 1.63. The summed E-state index contributed by atoms with van der Waals surface area (Å²) in [5, 5.41) is 12.2. The Bertz CT molecular complexity index is 449. The Balaban J connectivity index is 2.72. The number of aromatic nitrogens is 1. The van der Waals surface area contributed by atoms with Crippen LogP contribution in [0.5, 0.6) is 0 Å². The molecule has 1 rings (SSSR count). The van der Waals surface area contributed by atoms with Crippen LogP contribution in [0.25, 0.3) is 0 Å². The Labute approximate surface area is 125 Å². The molecule has 20 heavy (non-hydrogen) atoms. The Morgan fingerprint density at radius 3 is 2.70 bits per heavy atom. The number of aliphatic hydroxyl groups is 1. The number of pyridine rings is 1. The zero-order chi connectivity index (χ0) is 15.1. The number of nitrogens with zero attached hydrogens (tertiary/aromatic N) is 1. The van der Waals surface area contributed by atoms with Crippen molar-refractivity contribution in [3.05, 3.63) is 28.5 Å². The number of aliphatic hydroxyl groups excluding tert-OH is 1. The van der Waals surface area contributed by atoms with E-state index in [9.17, 15) is 4.79 Å². The highest BCUT2D eigenvalue weighted by molar-refractivity contribution is 6.29. The monoisotopic (exact) mass is 298 g/mol. The Kier molecular flexibility index (Phi) is 6.96. The third-order valence-electron chi connectivity index (χ3n) is 3.33. The predicted octanol–water partition coefficient (Wildman–Crippen LogP) is 3.00. The Morgan fingerprint density at radius 1 is 1.45 bits per heavy atom. The van der Waals surface area contributed by atoms with Gasteiger partial charge in [-0.25, -0.2) is 4.98 Å². The SMILES string of the molecule is CCC(CCO)CNC(=O)c1cc(Cl)nc(C(C)C)c1. The molecular formula is C15H23ClN2O2. The minimum absolute atomic E-state index is 0.146. The van der Waals surface area contributed by atoms with E-state index in [0.29, 0.717) is 29.6 Å². The standard InChI is InChI=1S/C15H23ClN2O2/c1-4-11(5-6-19)9-17-15(20)12-7-13(10(2)3)18-14(16)8-12/h7-8,10-11,19H,4-6,9H2,1-3H3,(H,17,20). The summed E-state index contributed by atoms with van der Waals surface area (Å²) in [6.45, 7) is 6.77. The van der Waals surface area contributed by atoms with Crippen LogP contribution in [0.1, 0.15) is 55.6 Å². The van der Waals surface area contributed by atoms with Crippen molar-refractivity contribution in [3.8, 4) is 0 Å². The molecule has 0 spiro atoms. The fourth-order valence-corrected chi connectivity index (χ4v) is 2.13. The van der Waals surface area contributed by atoms with Gasteiger partial charge in [-0.05, 0) is 30.4 Å². The Hall–Kier alpha value is -1.13. The van der Waals surface area contributed by atoms with Crippen molar-refractivity contribution < 1.29 is 9.90 Å². The third kappa shape index (κ3) is 5.10. The van der Waals surface area contributed by atoms with Crippen LogP contribution in [0.2, 0.25) is 5.15 Å². The summed E-state index contributed by atoms with van der Waals surface area (Å²) in [7, 11) is 0. The molecule has 1 unspecified atom stereocenters. The van der Waals surface area contributed by atoms with Gasteiger partial charge in [0.1, 0.15) is 5.15 Å². The van der Waals surface area contributed by atoms with Crippen LogP contribution < -0.4 is 5.32 Å². The van der Waals surface area contributed by atoms with Crippen LogP contribution in [0.15, 0.2) is 12.1 Å². The highest BCUT2D eigenvalue weighted by Crippen LogP contribution is 2.17. The number of carbonyl (C=O) groups is 1. The maximum atomic E-state index is 12.1. The van der Waals surface area contributed by atoms with Gasteiger partial charge in [0.25, 0.3) is 5.91 Å². The molecule has 0 aliphatic heterocycles. The summed E-state index contributed by atoms with van der Waals surface area (Å²) in [6, 6.07) is 3.36. The van der Waals surface area contributed by atoms with E-state index in [1.165, 1.54) is 0 Å². The van der Waals surface area contributed by atoms with Gasteiger partial charge in [0.05, 0.1) is 0 Å². The molecule has 1 aromatic heterocycles. The number of rotatable bonds is 7. The van der Waals surface area contributed by atoms with E-state index in [1.54, 1.807) is 12.1 Å². The summed E-state index contributed by atoms with van der Waals surface area (Å²) in [5.74, 6) is 0.372. The van der Waals surface area contributed by atoms with E-state index in [1.807, 2.05) is 20.8 Å². The van der Waals surface area contributed by atoms with E-state index < -0.39 is 0 Å². The quantitative estimate of drug-likeness (QED) is 0.761. The summed E-state index contributed by atoms with van der Waals surface area (Å²) >= 11 is 5.95. The topological polar surface area (TPSA) is 62.2 Å². The van der Waals surface area contributed by atoms with Gasteiger partial charge in [-0.3, -0.25) is 4.79 Å². The highest BCUT2D eigenvalue weighted by Gasteiger charge is 2.13. The molecule has 0 aliphatic rings. The largest absolute Gasteiger partial charge is 0.396 e. The van der Waals surface area contributed by atoms with Gasteiger partial charge in [0.2, 0.25) is 0 Å². The highest BCUT2D eigenvalue weighted by atomic mass is 35.5. The minimum Gasteiger partial charge on any atom is -0.396 e. The molecule has 0 aromatic carbocycles. The number of hydrogen-bond donors (Lipinski definition) is 2. The lowest BCUT2D eigenvalue weighted by atomic mass is 10.0. The van der Waals surface area contributed by atoms with Crippen molar-refractivity contribution in [1.82, 2.24) is 10.3 Å². The number of carbonyl (C=O) groups excluding carboxylic acids is 1. The predicted molar refractivity (Wildman–Crippen MR) is 81.2 cm³/mol. The van der Waals surface area contributed by atoms with Crippen LogP contribution in [0, 0.1) is 5.92 Å². The molecule has 4 nitrogen and oxygen atoms in total. The van der Waals surface area contributed by atoms with Crippen molar-refractivity contribution in [1.29, 1.82) is 0 Å². The van der Waals surface area contributed by atoms with Gasteiger partial charge < -0.3 is 10.4 Å². The van der Waals surface area contributed by atoms with Gasteiger partial charge in [0.15, 0.2) is 0 Å². The van der Waals surface area contributed by atoms with Crippen LogP contribution in [-0.4, -0.2) is 29.1 Å². The fourth-order valence-electron chi connectivity index (χ4n) is 1.92. The summed E-state index contributed by atoms with van der Waals surface area (Å²) < 4.78 is 0. The third-order valence-corrected chi connectivity index (χ3v) is 3.53. The second-order valence-corrected chi connectivity index (χ2v) is 5.64. The maximum Gasteiger partial charge on any atom is 0.251 e. The molecule has 0 saturated heterocycles. The van der Waals surface area contributed by atoms with E-state index in [2.05, 4.69) is 10.3 Å². The minimum atomic E-state index is -0.146. The van der Waals surface area contributed by atoms with E-state index in [0.717, 1.165) is 12.1 Å². The molecule has 112 valence electrons. The smallest absolute Gasteiger partial charge is 0.251 e. The number of nitrogens with one attached hydrogen (secondary N) is 1. The fraction of sp³-hybridized carbons (Fsp3) is 0.600. The Morgan fingerprint density at radius 2 is 2.15 bits per heavy atom. The van der Waals surface area contributed by atoms with Gasteiger partial charge in [-0.1, -0.05) is 38.8 Å². The lowest BCUT2D eigenvalue weighted by molar-refractivity contribution is 0.0943. The maximum absolute atomic E-state index is 12.1. The van der Waals surface area contributed by atoms with Gasteiger partial charge >= 0.3 is 0 Å². The molecule has 0 saturated carbocycles. The average molecular weight is 299 g/mol. The van der Waals surface area contributed by atoms with Crippen LogP contribution in [0.4, 0.5) is 0 Å². The number of halogens is 1. The van der Waals surface area contributed by atoms with Crippen LogP contribution >= 0.6 is 11.6 Å². The lowest BCUT2D eigenvalue weighted by Gasteiger charge is -2.15. The summed E-state index contributed by atoms with van der Waals surface area (Å²) in [5.41, 5.74) is 1.35.